The summed E-state index contributed by atoms with van der Waals surface area (Å²) in [6, 6.07) is 58.9. The molecule has 9 aromatic carbocycles. The summed E-state index contributed by atoms with van der Waals surface area (Å²) >= 11 is 7.35. The van der Waals surface area contributed by atoms with Gasteiger partial charge in [0.2, 0.25) is 0 Å². The van der Waals surface area contributed by atoms with Crippen LogP contribution in [0.2, 0.25) is 0 Å². The predicted octanol–water partition coefficient (Wildman–Crippen LogP) is 13.7. The van der Waals surface area contributed by atoms with Crippen LogP contribution in [0.5, 0.6) is 0 Å². The Balaban J connectivity index is 1.12. The summed E-state index contributed by atoms with van der Waals surface area (Å²) in [5.41, 5.74) is 13.1. The Morgan fingerprint density at radius 3 is 1.64 bits per heavy atom. The van der Waals surface area contributed by atoms with E-state index in [2.05, 4.69) is 171 Å². The molecule has 0 bridgehead atoms. The van der Waals surface area contributed by atoms with Gasteiger partial charge in [-0.2, -0.15) is 0 Å². The molecule has 2 nitrogen and oxygen atoms in total. The molecule has 248 valence electrons. The van der Waals surface area contributed by atoms with Crippen molar-refractivity contribution < 1.29 is 0 Å². The van der Waals surface area contributed by atoms with Gasteiger partial charge in [0.1, 0.15) is 0 Å². The van der Waals surface area contributed by atoms with Gasteiger partial charge in [-0.3, -0.25) is 4.98 Å². The first-order valence-corrected chi connectivity index (χ1v) is 18.5. The van der Waals surface area contributed by atoms with Gasteiger partial charge in [-0.25, -0.2) is 4.98 Å². The smallest absolute Gasteiger partial charge is 0.0979 e. The van der Waals surface area contributed by atoms with Crippen LogP contribution >= 0.6 is 11.6 Å². The highest BCUT2D eigenvalue weighted by Gasteiger charge is 2.37. The fraction of sp³-hybridized carbons (Fsp3) is 0.0400. The van der Waals surface area contributed by atoms with Crippen molar-refractivity contribution in [3.05, 3.63) is 181 Å². The molecule has 0 fully saturated rings. The zero-order chi connectivity index (χ0) is 35.3. The number of aromatic nitrogens is 2. The van der Waals surface area contributed by atoms with E-state index >= 15 is 0 Å². The number of halogens is 1. The number of rotatable bonds is 3. The van der Waals surface area contributed by atoms with Crippen molar-refractivity contribution in [3.8, 4) is 44.6 Å². The maximum atomic E-state index is 7.35. The molecule has 0 saturated carbocycles. The minimum Gasteiger partial charge on any atom is -0.252 e. The first-order valence-electron chi connectivity index (χ1n) is 18.1. The van der Waals surface area contributed by atoms with Crippen LogP contribution in [-0.4, -0.2) is 9.97 Å². The second kappa shape index (κ2) is 11.3. The Labute approximate surface area is 312 Å². The quantitative estimate of drug-likeness (QED) is 0.136. The van der Waals surface area contributed by atoms with E-state index in [0.717, 1.165) is 71.7 Å². The second-order valence-corrected chi connectivity index (χ2v) is 15.1. The van der Waals surface area contributed by atoms with Gasteiger partial charge in [0.05, 0.1) is 27.8 Å². The van der Waals surface area contributed by atoms with Crippen molar-refractivity contribution in [3.63, 3.8) is 0 Å². The summed E-state index contributed by atoms with van der Waals surface area (Å²) in [5, 5.41) is 9.33. The standard InChI is InChI=1S/C50H31ClN2/c1-50(51)45-21-11-10-18-39(45)40-23-22-32(28-46(40)50)43-26-33(24-30-12-2-4-14-35(30)43)34-25-31-13-3-5-15-36(31)44(27-34)47-29-52-48-41-19-8-6-16-37(41)38-17-7-9-20-42(38)49(48)53-47/h2-29H,1H3. The molecule has 1 unspecified atom stereocenters. The zero-order valence-corrected chi connectivity index (χ0v) is 29.7. The highest BCUT2D eigenvalue weighted by Crippen LogP contribution is 2.52. The first-order chi connectivity index (χ1) is 26.0. The van der Waals surface area contributed by atoms with Gasteiger partial charge in [-0.15, -0.1) is 11.6 Å². The van der Waals surface area contributed by atoms with Gasteiger partial charge < -0.3 is 0 Å². The highest BCUT2D eigenvalue weighted by molar-refractivity contribution is 6.28. The van der Waals surface area contributed by atoms with E-state index in [4.69, 9.17) is 21.6 Å². The predicted molar refractivity (Wildman–Crippen MR) is 224 cm³/mol. The Morgan fingerprint density at radius 2 is 0.943 bits per heavy atom. The van der Waals surface area contributed by atoms with Crippen LogP contribution in [0.3, 0.4) is 0 Å². The largest absolute Gasteiger partial charge is 0.252 e. The van der Waals surface area contributed by atoms with Crippen LogP contribution in [-0.2, 0) is 4.87 Å². The molecule has 1 heterocycles. The van der Waals surface area contributed by atoms with Crippen molar-refractivity contribution >= 4 is 65.7 Å². The molecular formula is C50H31ClN2. The van der Waals surface area contributed by atoms with Crippen molar-refractivity contribution in [2.45, 2.75) is 11.8 Å². The van der Waals surface area contributed by atoms with E-state index < -0.39 is 4.87 Å². The topological polar surface area (TPSA) is 25.8 Å². The average molecular weight is 695 g/mol. The van der Waals surface area contributed by atoms with Crippen LogP contribution in [0.1, 0.15) is 18.1 Å². The van der Waals surface area contributed by atoms with Crippen molar-refractivity contribution in [2.24, 2.45) is 0 Å². The van der Waals surface area contributed by atoms with Crippen LogP contribution < -0.4 is 0 Å². The van der Waals surface area contributed by atoms with Crippen LogP contribution in [0.4, 0.5) is 0 Å². The molecule has 1 aliphatic rings. The molecule has 1 aromatic heterocycles. The Hall–Kier alpha value is -6.35. The minimum atomic E-state index is -0.596. The van der Waals surface area contributed by atoms with Crippen LogP contribution in [0.15, 0.2) is 170 Å². The monoisotopic (exact) mass is 694 g/mol. The number of fused-ring (bicyclic) bond motifs is 11. The Bertz CT molecular complexity index is 3120. The first kappa shape index (κ1) is 30.3. The van der Waals surface area contributed by atoms with Gasteiger partial charge in [-0.1, -0.05) is 133 Å². The molecule has 0 spiro atoms. The molecule has 0 saturated heterocycles. The molecule has 0 radical (unpaired) electrons. The molecular weight excluding hydrogens is 664 g/mol. The number of benzene rings is 9. The number of hydrogen-bond acceptors (Lipinski definition) is 2. The highest BCUT2D eigenvalue weighted by atomic mass is 35.5. The lowest BCUT2D eigenvalue weighted by Crippen LogP contribution is -2.11. The zero-order valence-electron chi connectivity index (χ0n) is 28.9. The van der Waals surface area contributed by atoms with E-state index in [0.29, 0.717) is 0 Å². The number of hydrogen-bond donors (Lipinski definition) is 0. The van der Waals surface area contributed by atoms with Crippen molar-refractivity contribution in [1.29, 1.82) is 0 Å². The van der Waals surface area contributed by atoms with Gasteiger partial charge in [-0.05, 0) is 114 Å². The van der Waals surface area contributed by atoms with Crippen LogP contribution in [0.25, 0.3) is 98.8 Å². The van der Waals surface area contributed by atoms with Crippen molar-refractivity contribution in [2.75, 3.05) is 0 Å². The SMILES string of the molecule is CC1(Cl)c2ccccc2-c2ccc(-c3cc(-c4cc(-c5cnc6c7ccccc7c7ccccc7c6n5)c5ccccc5c4)cc4ccccc34)cc21. The third-order valence-corrected chi connectivity index (χ3v) is 11.7. The van der Waals surface area contributed by atoms with E-state index in [9.17, 15) is 0 Å². The fourth-order valence-electron chi connectivity index (χ4n) is 8.77. The minimum absolute atomic E-state index is 0.596. The maximum absolute atomic E-state index is 7.35. The molecule has 3 heteroatoms. The molecule has 10 aromatic rings. The summed E-state index contributed by atoms with van der Waals surface area (Å²) in [6.07, 6.45) is 1.95. The normalized spacial score (nSPS) is 15.1. The maximum Gasteiger partial charge on any atom is 0.0979 e. The molecule has 0 aliphatic heterocycles. The molecule has 1 aliphatic carbocycles. The van der Waals surface area contributed by atoms with Gasteiger partial charge >= 0.3 is 0 Å². The third kappa shape index (κ3) is 4.52. The number of nitrogens with zero attached hydrogens (tertiary/aromatic N) is 2. The van der Waals surface area contributed by atoms with E-state index in [1.54, 1.807) is 0 Å². The summed E-state index contributed by atoms with van der Waals surface area (Å²) in [6.45, 7) is 2.12. The average Bonchev–Trinajstić information content (AvgIpc) is 3.45. The number of alkyl halides is 1. The lowest BCUT2D eigenvalue weighted by molar-refractivity contribution is 0.852. The molecule has 53 heavy (non-hydrogen) atoms. The molecule has 1 atom stereocenters. The third-order valence-electron chi connectivity index (χ3n) is 11.3. The Morgan fingerprint density at radius 1 is 0.415 bits per heavy atom. The van der Waals surface area contributed by atoms with Gasteiger partial charge in [0, 0.05) is 16.3 Å². The lowest BCUT2D eigenvalue weighted by atomic mass is 9.89. The summed E-state index contributed by atoms with van der Waals surface area (Å²) < 4.78 is 0. The lowest BCUT2D eigenvalue weighted by Gasteiger charge is -2.20. The van der Waals surface area contributed by atoms with Gasteiger partial charge in [0.25, 0.3) is 0 Å². The molecule has 0 amide bonds. The van der Waals surface area contributed by atoms with E-state index in [1.165, 1.54) is 38.2 Å². The molecule has 0 N–H and O–H groups in total. The Kier molecular flexibility index (Phi) is 6.47. The fourth-order valence-corrected chi connectivity index (χ4v) is 9.09. The second-order valence-electron chi connectivity index (χ2n) is 14.3. The molecule has 11 rings (SSSR count). The van der Waals surface area contributed by atoms with Gasteiger partial charge in [0.15, 0.2) is 0 Å². The summed E-state index contributed by atoms with van der Waals surface area (Å²) in [7, 11) is 0. The van der Waals surface area contributed by atoms with Crippen LogP contribution in [0, 0.1) is 0 Å². The summed E-state index contributed by atoms with van der Waals surface area (Å²) in [5.74, 6) is 0. The van der Waals surface area contributed by atoms with Crippen molar-refractivity contribution in [1.82, 2.24) is 9.97 Å². The summed E-state index contributed by atoms with van der Waals surface area (Å²) in [4.78, 5) is 9.94. The van der Waals surface area contributed by atoms with E-state index in [1.807, 2.05) is 6.20 Å². The van der Waals surface area contributed by atoms with E-state index in [-0.39, 0.29) is 0 Å².